The lowest BCUT2D eigenvalue weighted by Crippen LogP contribution is -2.14. The van der Waals surface area contributed by atoms with Gasteiger partial charge in [-0.25, -0.2) is 0 Å². The second-order valence-corrected chi connectivity index (χ2v) is 6.42. The second-order valence-electron chi connectivity index (χ2n) is 4.21. The van der Waals surface area contributed by atoms with Crippen molar-refractivity contribution in [1.82, 2.24) is 0 Å². The molecular formula is C13H9Cl2NO5S. The lowest BCUT2D eigenvalue weighted by atomic mass is 10.2. The Morgan fingerprint density at radius 3 is 2.18 bits per heavy atom. The topological polar surface area (TPSA) is 104 Å². The number of carbonyl (C=O) groups excluding carboxylic acids is 1. The van der Waals surface area contributed by atoms with Gasteiger partial charge >= 0.3 is 0 Å². The van der Waals surface area contributed by atoms with Crippen molar-refractivity contribution in [2.24, 2.45) is 0 Å². The minimum atomic E-state index is -4.49. The number of aromatic hydroxyl groups is 1. The number of phenols is 1. The van der Waals surface area contributed by atoms with Crippen LogP contribution in [0.1, 0.15) is 10.4 Å². The van der Waals surface area contributed by atoms with E-state index in [1.54, 1.807) is 0 Å². The highest BCUT2D eigenvalue weighted by molar-refractivity contribution is 7.86. The molecule has 22 heavy (non-hydrogen) atoms. The zero-order valence-electron chi connectivity index (χ0n) is 10.7. The van der Waals surface area contributed by atoms with Gasteiger partial charge in [-0.2, -0.15) is 8.42 Å². The van der Waals surface area contributed by atoms with Crippen LogP contribution in [-0.4, -0.2) is 24.0 Å². The highest BCUT2D eigenvalue weighted by Crippen LogP contribution is 2.33. The van der Waals surface area contributed by atoms with Crippen molar-refractivity contribution in [3.8, 4) is 5.75 Å². The fourth-order valence-electron chi connectivity index (χ4n) is 1.69. The van der Waals surface area contributed by atoms with E-state index >= 15 is 0 Å². The van der Waals surface area contributed by atoms with Crippen molar-refractivity contribution in [3.05, 3.63) is 52.0 Å². The average molecular weight is 362 g/mol. The molecule has 0 unspecified atom stereocenters. The van der Waals surface area contributed by atoms with Crippen molar-refractivity contribution in [2.75, 3.05) is 5.32 Å². The predicted molar refractivity (Wildman–Crippen MR) is 82.3 cm³/mol. The number of carbonyl (C=O) groups is 1. The maximum absolute atomic E-state index is 12.1. The van der Waals surface area contributed by atoms with Gasteiger partial charge in [0.15, 0.2) is 5.75 Å². The third kappa shape index (κ3) is 3.50. The van der Waals surface area contributed by atoms with Gasteiger partial charge in [-0.1, -0.05) is 35.3 Å². The Morgan fingerprint density at radius 2 is 1.64 bits per heavy atom. The summed E-state index contributed by atoms with van der Waals surface area (Å²) < 4.78 is 31.6. The molecule has 0 bridgehead atoms. The van der Waals surface area contributed by atoms with Gasteiger partial charge < -0.3 is 10.4 Å². The molecule has 0 saturated heterocycles. The first-order valence-corrected chi connectivity index (χ1v) is 7.95. The largest absolute Gasteiger partial charge is 0.505 e. The Labute approximate surface area is 136 Å². The normalized spacial score (nSPS) is 11.2. The van der Waals surface area contributed by atoms with E-state index in [2.05, 4.69) is 5.32 Å². The molecule has 0 aliphatic carbocycles. The highest BCUT2D eigenvalue weighted by Gasteiger charge is 2.18. The summed E-state index contributed by atoms with van der Waals surface area (Å²) in [6.07, 6.45) is 0. The molecular weight excluding hydrogens is 353 g/mol. The van der Waals surface area contributed by atoms with Gasteiger partial charge in [0.25, 0.3) is 16.0 Å². The molecule has 0 spiro atoms. The van der Waals surface area contributed by atoms with Crippen LogP contribution in [0.3, 0.4) is 0 Å². The van der Waals surface area contributed by atoms with E-state index in [0.717, 1.165) is 6.07 Å². The zero-order valence-corrected chi connectivity index (χ0v) is 13.1. The molecule has 2 aromatic rings. The summed E-state index contributed by atoms with van der Waals surface area (Å²) in [7, 11) is -4.49. The second kappa shape index (κ2) is 6.13. The Kier molecular flexibility index (Phi) is 4.62. The quantitative estimate of drug-likeness (QED) is 0.728. The van der Waals surface area contributed by atoms with E-state index in [9.17, 15) is 18.3 Å². The number of halogens is 2. The van der Waals surface area contributed by atoms with Gasteiger partial charge in [0.2, 0.25) is 0 Å². The lowest BCUT2D eigenvalue weighted by Gasteiger charge is -2.10. The molecule has 0 saturated carbocycles. The average Bonchev–Trinajstić information content (AvgIpc) is 2.43. The molecule has 9 heteroatoms. The van der Waals surface area contributed by atoms with E-state index in [1.165, 1.54) is 30.3 Å². The summed E-state index contributed by atoms with van der Waals surface area (Å²) in [5, 5.41) is 11.5. The first-order valence-electron chi connectivity index (χ1n) is 5.76. The first-order chi connectivity index (χ1) is 10.2. The number of para-hydroxylation sites is 1. The summed E-state index contributed by atoms with van der Waals surface area (Å²) in [6, 6.07) is 7.68. The molecule has 0 aliphatic heterocycles. The molecule has 0 aliphatic rings. The standard InChI is InChI=1S/C13H9Cl2NO5S/c14-8-5-7(6-9(15)12(8)17)13(18)16-10-3-1-2-4-11(10)22(19,20)21/h1-6,17H,(H,16,18)(H,19,20,21). The summed E-state index contributed by atoms with van der Waals surface area (Å²) in [5.41, 5.74) is -0.0896. The number of rotatable bonds is 3. The lowest BCUT2D eigenvalue weighted by molar-refractivity contribution is 0.102. The SMILES string of the molecule is O=C(Nc1ccccc1S(=O)(=O)O)c1cc(Cl)c(O)c(Cl)c1. The van der Waals surface area contributed by atoms with Crippen molar-refractivity contribution in [1.29, 1.82) is 0 Å². The van der Waals surface area contributed by atoms with Gasteiger partial charge in [0.1, 0.15) is 4.90 Å². The highest BCUT2D eigenvalue weighted by atomic mass is 35.5. The number of anilines is 1. The minimum Gasteiger partial charge on any atom is -0.505 e. The smallest absolute Gasteiger partial charge is 0.296 e. The zero-order chi connectivity index (χ0) is 16.5. The molecule has 116 valence electrons. The van der Waals surface area contributed by atoms with E-state index in [-0.39, 0.29) is 27.0 Å². The van der Waals surface area contributed by atoms with Gasteiger partial charge in [-0.3, -0.25) is 9.35 Å². The number of hydrogen-bond acceptors (Lipinski definition) is 4. The minimum absolute atomic E-state index is 0.0120. The Balaban J connectivity index is 2.39. The first kappa shape index (κ1) is 16.6. The van der Waals surface area contributed by atoms with Crippen LogP contribution in [0.15, 0.2) is 41.3 Å². The molecule has 0 radical (unpaired) electrons. The third-order valence-electron chi connectivity index (χ3n) is 2.69. The van der Waals surface area contributed by atoms with Crippen LogP contribution in [0.25, 0.3) is 0 Å². The third-order valence-corrected chi connectivity index (χ3v) is 4.18. The molecule has 2 aromatic carbocycles. The number of hydrogen-bond donors (Lipinski definition) is 3. The maximum Gasteiger partial charge on any atom is 0.296 e. The van der Waals surface area contributed by atoms with E-state index < -0.39 is 20.9 Å². The summed E-state index contributed by atoms with van der Waals surface area (Å²) in [4.78, 5) is 11.7. The Morgan fingerprint density at radius 1 is 1.09 bits per heavy atom. The monoisotopic (exact) mass is 361 g/mol. The molecule has 2 rings (SSSR count). The molecule has 0 atom stereocenters. The maximum atomic E-state index is 12.1. The van der Waals surface area contributed by atoms with Crippen LogP contribution in [0.5, 0.6) is 5.75 Å². The van der Waals surface area contributed by atoms with Gasteiger partial charge in [-0.05, 0) is 24.3 Å². The summed E-state index contributed by atoms with van der Waals surface area (Å²) in [6.45, 7) is 0. The Bertz CT molecular complexity index is 828. The van der Waals surface area contributed by atoms with Crippen LogP contribution >= 0.6 is 23.2 Å². The molecule has 0 aromatic heterocycles. The molecule has 1 amide bonds. The van der Waals surface area contributed by atoms with Crippen LogP contribution in [0.2, 0.25) is 10.0 Å². The van der Waals surface area contributed by atoms with Crippen LogP contribution in [0.4, 0.5) is 5.69 Å². The fourth-order valence-corrected chi connectivity index (χ4v) is 2.82. The van der Waals surface area contributed by atoms with E-state index in [1.807, 2.05) is 0 Å². The van der Waals surface area contributed by atoms with Crippen LogP contribution in [0, 0.1) is 0 Å². The van der Waals surface area contributed by atoms with Gasteiger partial charge in [-0.15, -0.1) is 0 Å². The predicted octanol–water partition coefficient (Wildman–Crippen LogP) is 3.20. The van der Waals surface area contributed by atoms with Crippen molar-refractivity contribution < 1.29 is 22.9 Å². The van der Waals surface area contributed by atoms with Gasteiger partial charge in [0, 0.05) is 5.56 Å². The number of amides is 1. The summed E-state index contributed by atoms with van der Waals surface area (Å²) >= 11 is 11.4. The van der Waals surface area contributed by atoms with Crippen LogP contribution in [-0.2, 0) is 10.1 Å². The van der Waals surface area contributed by atoms with E-state index in [4.69, 9.17) is 27.8 Å². The number of nitrogens with one attached hydrogen (secondary N) is 1. The molecule has 0 heterocycles. The fraction of sp³-hybridized carbons (Fsp3) is 0. The molecule has 6 nitrogen and oxygen atoms in total. The van der Waals surface area contributed by atoms with Crippen molar-refractivity contribution in [3.63, 3.8) is 0 Å². The Hall–Kier alpha value is -1.80. The van der Waals surface area contributed by atoms with Crippen LogP contribution < -0.4 is 5.32 Å². The number of phenolic OH excluding ortho intramolecular Hbond substituents is 1. The molecule has 3 N–H and O–H groups in total. The number of benzene rings is 2. The van der Waals surface area contributed by atoms with Crippen molar-refractivity contribution >= 4 is 44.9 Å². The molecule has 0 fully saturated rings. The van der Waals surface area contributed by atoms with E-state index in [0.29, 0.717) is 0 Å². The van der Waals surface area contributed by atoms with Crippen molar-refractivity contribution in [2.45, 2.75) is 4.90 Å². The summed E-state index contributed by atoms with van der Waals surface area (Å²) in [5.74, 6) is -1.07. The van der Waals surface area contributed by atoms with Gasteiger partial charge in [0.05, 0.1) is 15.7 Å².